The Labute approximate surface area is 168 Å². The van der Waals surface area contributed by atoms with Gasteiger partial charge in [-0.3, -0.25) is 0 Å². The molecule has 3 rings (SSSR count). The maximum Gasteiger partial charge on any atom is 0.647 e. The van der Waals surface area contributed by atoms with Gasteiger partial charge in [0.1, 0.15) is 5.75 Å². The molecule has 0 bridgehead atoms. The quantitative estimate of drug-likeness (QED) is 0.180. The van der Waals surface area contributed by atoms with Crippen molar-refractivity contribution >= 4 is 7.82 Å². The van der Waals surface area contributed by atoms with Crippen molar-refractivity contribution in [2.24, 2.45) is 0 Å². The van der Waals surface area contributed by atoms with E-state index in [9.17, 15) is 39.7 Å². The van der Waals surface area contributed by atoms with E-state index in [4.69, 9.17) is 4.52 Å². The first-order chi connectivity index (χ1) is 14.5. The minimum atomic E-state index is -5.44. The lowest BCUT2D eigenvalue weighted by molar-refractivity contribution is 0.278. The highest BCUT2D eigenvalue weighted by atomic mass is 31.2. The predicted octanol–water partition coefficient (Wildman–Crippen LogP) is 6.44. The second kappa shape index (κ2) is 8.46. The van der Waals surface area contributed by atoms with Crippen molar-refractivity contribution in [3.8, 4) is 17.2 Å². The van der Waals surface area contributed by atoms with Gasteiger partial charge in [-0.2, -0.15) is 13.3 Å². The van der Waals surface area contributed by atoms with Crippen LogP contribution in [0.25, 0.3) is 0 Å². The summed E-state index contributed by atoms with van der Waals surface area (Å²) in [5.74, 6) is -20.9. The molecule has 13 heteroatoms. The second-order valence-electron chi connectivity index (χ2n) is 5.63. The molecule has 0 saturated heterocycles. The predicted molar refractivity (Wildman–Crippen MR) is 88.5 cm³/mol. The van der Waals surface area contributed by atoms with Crippen LogP contribution in [0.1, 0.15) is 0 Å². The van der Waals surface area contributed by atoms with E-state index < -0.39 is 65.9 Å². The number of rotatable bonds is 6. The van der Waals surface area contributed by atoms with Crippen molar-refractivity contribution in [3.05, 3.63) is 89.0 Å². The molecule has 0 aliphatic carbocycles. The number of hydrogen-bond donors (Lipinski definition) is 0. The van der Waals surface area contributed by atoms with Gasteiger partial charge in [0.05, 0.1) is 0 Å². The SMILES string of the molecule is O=P(Oc1ccccc1)(Oc1cc(F)c(F)c(F)c1F)Oc1cc(F)c(F)c(F)c1F. The van der Waals surface area contributed by atoms with E-state index in [0.717, 1.165) is 12.1 Å². The third-order valence-electron chi connectivity index (χ3n) is 3.52. The zero-order valence-corrected chi connectivity index (χ0v) is 15.5. The third kappa shape index (κ3) is 4.58. The summed E-state index contributed by atoms with van der Waals surface area (Å²) in [4.78, 5) is 0. The summed E-state index contributed by atoms with van der Waals surface area (Å²) in [6, 6.07) is 6.24. The molecular formula is C18H7F8O4P. The summed E-state index contributed by atoms with van der Waals surface area (Å²) in [6.45, 7) is 0. The van der Waals surface area contributed by atoms with Crippen LogP contribution in [0.4, 0.5) is 35.1 Å². The van der Waals surface area contributed by atoms with Gasteiger partial charge >= 0.3 is 7.82 Å². The van der Waals surface area contributed by atoms with Gasteiger partial charge in [0.25, 0.3) is 0 Å². The minimum Gasteiger partial charge on any atom is -0.386 e. The number of halogens is 8. The number of para-hydroxylation sites is 1. The van der Waals surface area contributed by atoms with Crippen LogP contribution < -0.4 is 13.6 Å². The second-order valence-corrected chi connectivity index (χ2v) is 7.07. The fraction of sp³-hybridized carbons (Fsp3) is 0. The summed E-state index contributed by atoms with van der Waals surface area (Å²) < 4.78 is 135. The van der Waals surface area contributed by atoms with Gasteiger partial charge in [-0.25, -0.2) is 26.3 Å². The Kier molecular flexibility index (Phi) is 6.12. The maximum absolute atomic E-state index is 13.9. The van der Waals surface area contributed by atoms with Gasteiger partial charge < -0.3 is 13.6 Å². The van der Waals surface area contributed by atoms with Gasteiger partial charge in [-0.1, -0.05) is 18.2 Å². The first kappa shape index (κ1) is 22.4. The summed E-state index contributed by atoms with van der Waals surface area (Å²) >= 11 is 0. The molecule has 0 amide bonds. The lowest BCUT2D eigenvalue weighted by Crippen LogP contribution is -2.11. The summed E-state index contributed by atoms with van der Waals surface area (Å²) in [5.41, 5.74) is 0. The summed E-state index contributed by atoms with van der Waals surface area (Å²) in [5, 5.41) is 0. The van der Waals surface area contributed by atoms with Crippen LogP contribution in [0.2, 0.25) is 0 Å². The molecule has 31 heavy (non-hydrogen) atoms. The normalized spacial score (nSPS) is 11.4. The van der Waals surface area contributed by atoms with Crippen molar-refractivity contribution in [1.82, 2.24) is 0 Å². The molecule has 3 aromatic carbocycles. The van der Waals surface area contributed by atoms with Gasteiger partial charge in [-0.15, -0.1) is 0 Å². The van der Waals surface area contributed by atoms with Crippen LogP contribution in [-0.4, -0.2) is 0 Å². The molecule has 0 unspecified atom stereocenters. The highest BCUT2D eigenvalue weighted by Gasteiger charge is 2.38. The molecule has 164 valence electrons. The van der Waals surface area contributed by atoms with Crippen molar-refractivity contribution in [2.75, 3.05) is 0 Å². The maximum atomic E-state index is 13.9. The fourth-order valence-electron chi connectivity index (χ4n) is 2.14. The molecule has 0 N–H and O–H groups in total. The van der Waals surface area contributed by atoms with E-state index in [1.165, 1.54) is 18.2 Å². The van der Waals surface area contributed by atoms with E-state index in [1.54, 1.807) is 0 Å². The van der Waals surface area contributed by atoms with Crippen LogP contribution in [0, 0.1) is 46.5 Å². The Morgan fingerprint density at radius 3 is 1.39 bits per heavy atom. The molecular weight excluding hydrogens is 463 g/mol. The Hall–Kier alpha value is -3.27. The van der Waals surface area contributed by atoms with Crippen LogP contribution in [0.15, 0.2) is 42.5 Å². The topological polar surface area (TPSA) is 44.8 Å². The zero-order valence-electron chi connectivity index (χ0n) is 14.6. The highest BCUT2D eigenvalue weighted by molar-refractivity contribution is 7.49. The lowest BCUT2D eigenvalue weighted by atomic mass is 10.3. The first-order valence-corrected chi connectivity index (χ1v) is 9.38. The zero-order chi connectivity index (χ0) is 22.9. The molecule has 0 spiro atoms. The van der Waals surface area contributed by atoms with Gasteiger partial charge in [0.15, 0.2) is 34.8 Å². The van der Waals surface area contributed by atoms with Crippen molar-refractivity contribution in [2.45, 2.75) is 0 Å². The van der Waals surface area contributed by atoms with Gasteiger partial charge in [0.2, 0.25) is 23.3 Å². The molecule has 4 nitrogen and oxygen atoms in total. The highest BCUT2D eigenvalue weighted by Crippen LogP contribution is 2.51. The number of phosphoric acid groups is 1. The molecule has 0 atom stereocenters. The molecule has 0 aliphatic heterocycles. The lowest BCUT2D eigenvalue weighted by Gasteiger charge is -2.20. The van der Waals surface area contributed by atoms with Crippen molar-refractivity contribution in [1.29, 1.82) is 0 Å². The first-order valence-electron chi connectivity index (χ1n) is 7.92. The van der Waals surface area contributed by atoms with E-state index in [-0.39, 0.29) is 17.9 Å². The van der Waals surface area contributed by atoms with E-state index in [2.05, 4.69) is 9.05 Å². The van der Waals surface area contributed by atoms with Gasteiger partial charge in [-0.05, 0) is 12.1 Å². The molecule has 0 aliphatic rings. The van der Waals surface area contributed by atoms with Crippen LogP contribution >= 0.6 is 7.82 Å². The number of benzene rings is 3. The van der Waals surface area contributed by atoms with E-state index in [0.29, 0.717) is 0 Å². The van der Waals surface area contributed by atoms with E-state index >= 15 is 0 Å². The smallest absolute Gasteiger partial charge is 0.386 e. The third-order valence-corrected chi connectivity index (χ3v) is 4.79. The van der Waals surface area contributed by atoms with Crippen molar-refractivity contribution in [3.63, 3.8) is 0 Å². The fourth-order valence-corrected chi connectivity index (χ4v) is 3.38. The molecule has 0 aromatic heterocycles. The summed E-state index contributed by atoms with van der Waals surface area (Å²) in [6.07, 6.45) is 0. The Morgan fingerprint density at radius 1 is 0.548 bits per heavy atom. The van der Waals surface area contributed by atoms with Gasteiger partial charge in [0, 0.05) is 12.1 Å². The average Bonchev–Trinajstić information content (AvgIpc) is 2.73. The molecule has 0 saturated carbocycles. The van der Waals surface area contributed by atoms with Crippen LogP contribution in [-0.2, 0) is 4.57 Å². The molecule has 0 radical (unpaired) electrons. The number of hydrogen-bond acceptors (Lipinski definition) is 4. The standard InChI is InChI=1S/C18H7F8O4P/c19-9-6-11(15(23)17(25)13(9)21)29-31(27,28-8-4-2-1-3-5-8)30-12-7-10(20)14(22)18(26)16(12)24/h1-7H. The van der Waals surface area contributed by atoms with Crippen LogP contribution in [0.3, 0.4) is 0 Å². The van der Waals surface area contributed by atoms with E-state index in [1.807, 2.05) is 0 Å². The molecule has 0 heterocycles. The minimum absolute atomic E-state index is 0.0692. The Morgan fingerprint density at radius 2 is 0.968 bits per heavy atom. The summed E-state index contributed by atoms with van der Waals surface area (Å²) in [7, 11) is -5.44. The number of phosphoric ester groups is 1. The van der Waals surface area contributed by atoms with Crippen molar-refractivity contribution < 1.29 is 53.3 Å². The average molecular weight is 470 g/mol. The largest absolute Gasteiger partial charge is 0.647 e. The Balaban J connectivity index is 2.08. The molecule has 3 aromatic rings. The monoisotopic (exact) mass is 470 g/mol. The molecule has 0 fully saturated rings. The Bertz CT molecular complexity index is 1120. The van der Waals surface area contributed by atoms with Crippen LogP contribution in [0.5, 0.6) is 17.2 Å².